The second-order valence-electron chi connectivity index (χ2n) is 4.32. The minimum atomic E-state index is -3.85. The van der Waals surface area contributed by atoms with Crippen LogP contribution in [0.25, 0.3) is 0 Å². The molecule has 1 atom stereocenters. The zero-order valence-corrected chi connectivity index (χ0v) is 12.0. The summed E-state index contributed by atoms with van der Waals surface area (Å²) in [5, 5.41) is 15.1. The van der Waals surface area contributed by atoms with Crippen LogP contribution >= 0.6 is 11.8 Å². The molecule has 0 aromatic carbocycles. The Morgan fingerprint density at radius 3 is 2.95 bits per heavy atom. The minimum Gasteiger partial charge on any atom is -0.476 e. The van der Waals surface area contributed by atoms with Crippen molar-refractivity contribution in [3.63, 3.8) is 0 Å². The van der Waals surface area contributed by atoms with E-state index in [4.69, 9.17) is 5.11 Å². The molecule has 1 unspecified atom stereocenters. The molecular formula is C10H15N3O4S2. The molecule has 0 saturated carbocycles. The van der Waals surface area contributed by atoms with E-state index in [1.165, 1.54) is 6.92 Å². The Labute approximate surface area is 115 Å². The number of hydrogen-bond donors (Lipinski definition) is 3. The first-order valence-electron chi connectivity index (χ1n) is 5.81. The van der Waals surface area contributed by atoms with Gasteiger partial charge in [0.05, 0.1) is 5.69 Å². The van der Waals surface area contributed by atoms with Gasteiger partial charge in [0.15, 0.2) is 5.69 Å². The lowest BCUT2D eigenvalue weighted by atomic mass is 10.2. The summed E-state index contributed by atoms with van der Waals surface area (Å²) in [6.45, 7) is 1.80. The number of nitrogens with zero attached hydrogens (tertiary/aromatic N) is 1. The second kappa shape index (κ2) is 5.51. The van der Waals surface area contributed by atoms with E-state index in [1.54, 1.807) is 11.8 Å². The number of hydrogen-bond acceptors (Lipinski definition) is 5. The van der Waals surface area contributed by atoms with E-state index < -0.39 is 21.7 Å². The topological polar surface area (TPSA) is 112 Å². The lowest BCUT2D eigenvalue weighted by Crippen LogP contribution is -2.31. The summed E-state index contributed by atoms with van der Waals surface area (Å²) in [6.07, 6.45) is 2.06. The van der Waals surface area contributed by atoms with Gasteiger partial charge in [-0.3, -0.25) is 5.10 Å². The molecule has 1 aliphatic heterocycles. The van der Waals surface area contributed by atoms with Crippen LogP contribution in [0.5, 0.6) is 0 Å². The summed E-state index contributed by atoms with van der Waals surface area (Å²) >= 11 is 1.73. The van der Waals surface area contributed by atoms with Crippen LogP contribution in [0.3, 0.4) is 0 Å². The zero-order valence-electron chi connectivity index (χ0n) is 10.3. The fourth-order valence-electron chi connectivity index (χ4n) is 1.97. The molecule has 1 fully saturated rings. The Morgan fingerprint density at radius 2 is 2.37 bits per heavy atom. The summed E-state index contributed by atoms with van der Waals surface area (Å²) in [5.41, 5.74) is -0.243. The number of H-pyrrole nitrogens is 1. The molecule has 0 bridgehead atoms. The van der Waals surface area contributed by atoms with E-state index in [9.17, 15) is 13.2 Å². The molecule has 0 radical (unpaired) electrons. The number of aryl methyl sites for hydroxylation is 1. The van der Waals surface area contributed by atoms with Crippen molar-refractivity contribution in [2.24, 2.45) is 0 Å². The summed E-state index contributed by atoms with van der Waals surface area (Å²) in [6, 6.07) is 0. The first-order chi connectivity index (χ1) is 8.92. The molecule has 0 spiro atoms. The van der Waals surface area contributed by atoms with Crippen molar-refractivity contribution in [3.8, 4) is 0 Å². The second-order valence-corrected chi connectivity index (χ2v) is 7.43. The van der Waals surface area contributed by atoms with Gasteiger partial charge in [-0.15, -0.1) is 0 Å². The van der Waals surface area contributed by atoms with Gasteiger partial charge in [-0.05, 0) is 25.5 Å². The highest BCUT2D eigenvalue weighted by atomic mass is 32.2. The SMILES string of the molecule is Cc1[nH]nc(C(=O)O)c1S(=O)(=O)NCC1CCCS1. The van der Waals surface area contributed by atoms with Crippen molar-refractivity contribution in [3.05, 3.63) is 11.4 Å². The van der Waals surface area contributed by atoms with Crippen LogP contribution in [-0.4, -0.2) is 47.2 Å². The molecule has 9 heteroatoms. The van der Waals surface area contributed by atoms with Crippen LogP contribution in [0.2, 0.25) is 0 Å². The van der Waals surface area contributed by atoms with Gasteiger partial charge in [-0.2, -0.15) is 16.9 Å². The molecule has 3 N–H and O–H groups in total. The highest BCUT2D eigenvalue weighted by molar-refractivity contribution is 8.00. The third kappa shape index (κ3) is 3.10. The molecule has 0 amide bonds. The summed E-state index contributed by atoms with van der Waals surface area (Å²) in [4.78, 5) is 10.7. The molecule has 1 aromatic heterocycles. The maximum absolute atomic E-state index is 12.2. The Morgan fingerprint density at radius 1 is 1.63 bits per heavy atom. The average molecular weight is 305 g/mol. The molecule has 1 aromatic rings. The smallest absolute Gasteiger partial charge is 0.357 e. The third-order valence-corrected chi connectivity index (χ3v) is 5.87. The van der Waals surface area contributed by atoms with Crippen LogP contribution in [0, 0.1) is 6.92 Å². The quantitative estimate of drug-likeness (QED) is 0.734. The van der Waals surface area contributed by atoms with E-state index in [1.807, 2.05) is 0 Å². The van der Waals surface area contributed by atoms with Crippen molar-refractivity contribution in [2.45, 2.75) is 29.9 Å². The van der Waals surface area contributed by atoms with Crippen molar-refractivity contribution < 1.29 is 18.3 Å². The molecular weight excluding hydrogens is 290 g/mol. The fraction of sp³-hybridized carbons (Fsp3) is 0.600. The largest absolute Gasteiger partial charge is 0.476 e. The Balaban J connectivity index is 2.19. The Hall–Kier alpha value is -1.06. The normalized spacial score (nSPS) is 19.7. The summed E-state index contributed by atoms with van der Waals surface area (Å²) in [5.74, 6) is -0.322. The highest BCUT2D eigenvalue weighted by Gasteiger charge is 2.29. The maximum atomic E-state index is 12.2. The van der Waals surface area contributed by atoms with E-state index in [0.717, 1.165) is 18.6 Å². The molecule has 19 heavy (non-hydrogen) atoms. The fourth-order valence-corrected chi connectivity index (χ4v) is 4.68. The van der Waals surface area contributed by atoms with Gasteiger partial charge in [0, 0.05) is 11.8 Å². The van der Waals surface area contributed by atoms with E-state index in [0.29, 0.717) is 6.54 Å². The van der Waals surface area contributed by atoms with Crippen molar-refractivity contribution >= 4 is 27.8 Å². The van der Waals surface area contributed by atoms with Crippen LogP contribution in [0.4, 0.5) is 0 Å². The van der Waals surface area contributed by atoms with E-state index >= 15 is 0 Å². The third-order valence-electron chi connectivity index (χ3n) is 2.89. The first kappa shape index (κ1) is 14.4. The molecule has 2 heterocycles. The first-order valence-corrected chi connectivity index (χ1v) is 8.34. The molecule has 7 nitrogen and oxygen atoms in total. The molecule has 106 valence electrons. The van der Waals surface area contributed by atoms with Gasteiger partial charge in [0.2, 0.25) is 10.0 Å². The number of rotatable bonds is 5. The van der Waals surface area contributed by atoms with Crippen molar-refractivity contribution in [1.29, 1.82) is 0 Å². The Bertz CT molecular complexity index is 576. The van der Waals surface area contributed by atoms with Crippen LogP contribution in [-0.2, 0) is 10.0 Å². The zero-order chi connectivity index (χ0) is 14.0. The molecule has 2 rings (SSSR count). The number of thioether (sulfide) groups is 1. The predicted octanol–water partition coefficient (Wildman–Crippen LogP) is 0.590. The van der Waals surface area contributed by atoms with Gasteiger partial charge in [-0.25, -0.2) is 17.9 Å². The molecule has 1 saturated heterocycles. The van der Waals surface area contributed by atoms with Crippen LogP contribution < -0.4 is 4.72 Å². The van der Waals surface area contributed by atoms with Gasteiger partial charge < -0.3 is 5.11 Å². The number of aromatic nitrogens is 2. The number of carbonyl (C=O) groups is 1. The highest BCUT2D eigenvalue weighted by Crippen LogP contribution is 2.26. The maximum Gasteiger partial charge on any atom is 0.357 e. The van der Waals surface area contributed by atoms with Crippen LogP contribution in [0.15, 0.2) is 4.90 Å². The lowest BCUT2D eigenvalue weighted by molar-refractivity contribution is 0.0686. The van der Waals surface area contributed by atoms with Crippen molar-refractivity contribution in [2.75, 3.05) is 12.3 Å². The number of carboxylic acids is 1. The van der Waals surface area contributed by atoms with Crippen molar-refractivity contribution in [1.82, 2.24) is 14.9 Å². The minimum absolute atomic E-state index is 0.226. The van der Waals surface area contributed by atoms with Gasteiger partial charge in [-0.1, -0.05) is 0 Å². The Kier molecular flexibility index (Phi) is 4.16. The van der Waals surface area contributed by atoms with Gasteiger partial charge >= 0.3 is 5.97 Å². The van der Waals surface area contributed by atoms with Gasteiger partial charge in [0.25, 0.3) is 0 Å². The van der Waals surface area contributed by atoms with Crippen LogP contribution in [0.1, 0.15) is 29.0 Å². The number of aromatic amines is 1. The molecule has 1 aliphatic rings. The summed E-state index contributed by atoms with van der Waals surface area (Å²) in [7, 11) is -3.85. The predicted molar refractivity (Wildman–Crippen MR) is 71.0 cm³/mol. The number of aromatic carboxylic acids is 1. The van der Waals surface area contributed by atoms with E-state index in [2.05, 4.69) is 14.9 Å². The van der Waals surface area contributed by atoms with Gasteiger partial charge in [0.1, 0.15) is 4.90 Å². The standard InChI is InChI=1S/C10H15N3O4S2/c1-6-9(8(10(14)15)13-12-6)19(16,17)11-5-7-3-2-4-18-7/h7,11H,2-5H2,1H3,(H,12,13)(H,14,15). The monoisotopic (exact) mass is 305 g/mol. The summed E-state index contributed by atoms with van der Waals surface area (Å²) < 4.78 is 26.8. The lowest BCUT2D eigenvalue weighted by Gasteiger charge is -2.10. The van der Waals surface area contributed by atoms with E-state index in [-0.39, 0.29) is 15.8 Å². The average Bonchev–Trinajstić information content (AvgIpc) is 2.95. The number of nitrogens with one attached hydrogen (secondary N) is 2. The number of carboxylic acid groups (broad SMARTS) is 1. The number of sulfonamides is 1. The molecule has 0 aliphatic carbocycles.